The molecule has 0 unspecified atom stereocenters. The number of hydrogen-bond acceptors (Lipinski definition) is 4. The van der Waals surface area contributed by atoms with E-state index in [9.17, 15) is 18.0 Å². The van der Waals surface area contributed by atoms with Crippen LogP contribution in [-0.2, 0) is 4.79 Å². The summed E-state index contributed by atoms with van der Waals surface area (Å²) in [5, 5.41) is 3.79. The molecule has 0 aliphatic carbocycles. The molecule has 2 heterocycles. The Balaban J connectivity index is 2.31. The quantitative estimate of drug-likeness (QED) is 0.726. The zero-order valence-electron chi connectivity index (χ0n) is 7.77. The van der Waals surface area contributed by atoms with Gasteiger partial charge in [0.25, 0.3) is 5.91 Å². The summed E-state index contributed by atoms with van der Waals surface area (Å²) in [5.74, 6) is -0.792. The molecule has 0 N–H and O–H groups in total. The summed E-state index contributed by atoms with van der Waals surface area (Å²) in [4.78, 5) is 18.6. The predicted molar refractivity (Wildman–Crippen MR) is 47.6 cm³/mol. The highest BCUT2D eigenvalue weighted by atomic mass is 19.4. The van der Waals surface area contributed by atoms with E-state index in [1.54, 1.807) is 0 Å². The number of amides is 1. The minimum Gasteiger partial charge on any atom is -0.272 e. The van der Waals surface area contributed by atoms with Crippen LogP contribution in [0, 0.1) is 0 Å². The Hall–Kier alpha value is -1.99. The molecule has 0 fully saturated rings. The van der Waals surface area contributed by atoms with Gasteiger partial charge in [-0.1, -0.05) is 0 Å². The van der Waals surface area contributed by atoms with E-state index >= 15 is 0 Å². The highest BCUT2D eigenvalue weighted by Gasteiger charge is 2.43. The van der Waals surface area contributed by atoms with Crippen molar-refractivity contribution >= 4 is 17.4 Å². The fourth-order valence-electron chi connectivity index (χ4n) is 1.17. The molecule has 0 aromatic carbocycles. The van der Waals surface area contributed by atoms with Crippen LogP contribution < -0.4 is 5.01 Å². The van der Waals surface area contributed by atoms with E-state index in [0.29, 0.717) is 5.01 Å². The van der Waals surface area contributed by atoms with Gasteiger partial charge in [-0.25, -0.2) is 4.98 Å². The summed E-state index contributed by atoms with van der Waals surface area (Å²) in [6, 6.07) is 0. The molecule has 0 radical (unpaired) electrons. The van der Waals surface area contributed by atoms with Crippen molar-refractivity contribution in [2.75, 3.05) is 5.01 Å². The third-order valence-corrected chi connectivity index (χ3v) is 1.87. The van der Waals surface area contributed by atoms with E-state index in [-0.39, 0.29) is 5.82 Å². The van der Waals surface area contributed by atoms with E-state index in [0.717, 1.165) is 0 Å². The summed E-state index contributed by atoms with van der Waals surface area (Å²) < 4.78 is 36.8. The van der Waals surface area contributed by atoms with Crippen molar-refractivity contribution in [3.05, 3.63) is 18.6 Å². The molecule has 1 aliphatic heterocycles. The molecule has 2 rings (SSSR count). The second-order valence-electron chi connectivity index (χ2n) is 2.99. The predicted octanol–water partition coefficient (Wildman–Crippen LogP) is 1.13. The lowest BCUT2D eigenvalue weighted by molar-refractivity contribution is -0.117. The van der Waals surface area contributed by atoms with Crippen LogP contribution in [0.5, 0.6) is 0 Å². The molecule has 0 bridgehead atoms. The van der Waals surface area contributed by atoms with Crippen molar-refractivity contribution in [2.24, 2.45) is 5.10 Å². The molecule has 0 saturated heterocycles. The average molecular weight is 230 g/mol. The van der Waals surface area contributed by atoms with Crippen LogP contribution in [0.3, 0.4) is 0 Å². The van der Waals surface area contributed by atoms with Gasteiger partial charge in [-0.3, -0.25) is 9.78 Å². The Kier molecular flexibility index (Phi) is 2.33. The van der Waals surface area contributed by atoms with Crippen LogP contribution in [0.4, 0.5) is 19.0 Å². The maximum Gasteiger partial charge on any atom is 0.431 e. The zero-order chi connectivity index (χ0) is 11.8. The van der Waals surface area contributed by atoms with E-state index in [1.807, 2.05) is 0 Å². The number of alkyl halides is 3. The number of hydrogen-bond donors (Lipinski definition) is 0. The van der Waals surface area contributed by atoms with Crippen LogP contribution in [0.25, 0.3) is 0 Å². The van der Waals surface area contributed by atoms with Gasteiger partial charge in [-0.15, -0.1) is 0 Å². The van der Waals surface area contributed by atoms with Crippen molar-refractivity contribution in [1.29, 1.82) is 0 Å². The molecule has 0 atom stereocenters. The van der Waals surface area contributed by atoms with Gasteiger partial charge in [0, 0.05) is 12.4 Å². The molecule has 8 heteroatoms. The van der Waals surface area contributed by atoms with Crippen LogP contribution >= 0.6 is 0 Å². The first-order valence-electron chi connectivity index (χ1n) is 4.22. The summed E-state index contributed by atoms with van der Waals surface area (Å²) in [6.45, 7) is 0. The first-order valence-corrected chi connectivity index (χ1v) is 4.22. The Morgan fingerprint density at radius 3 is 2.56 bits per heavy atom. The Morgan fingerprint density at radius 2 is 2.06 bits per heavy atom. The zero-order valence-corrected chi connectivity index (χ0v) is 7.77. The van der Waals surface area contributed by atoms with E-state index < -0.39 is 24.2 Å². The molecular formula is C8H5F3N4O. The van der Waals surface area contributed by atoms with Crippen molar-refractivity contribution < 1.29 is 18.0 Å². The van der Waals surface area contributed by atoms with Gasteiger partial charge < -0.3 is 0 Å². The van der Waals surface area contributed by atoms with E-state index in [1.165, 1.54) is 18.6 Å². The third kappa shape index (κ3) is 1.86. The minimum absolute atomic E-state index is 0.0215. The number of nitrogens with zero attached hydrogens (tertiary/aromatic N) is 4. The summed E-state index contributed by atoms with van der Waals surface area (Å²) in [6.07, 6.45) is -1.57. The Bertz CT molecular complexity index is 442. The van der Waals surface area contributed by atoms with Gasteiger partial charge >= 0.3 is 6.18 Å². The largest absolute Gasteiger partial charge is 0.431 e. The number of carbonyl (C=O) groups excluding carboxylic acids is 1. The van der Waals surface area contributed by atoms with Gasteiger partial charge in [-0.05, 0) is 0 Å². The second-order valence-corrected chi connectivity index (χ2v) is 2.99. The molecule has 84 valence electrons. The number of anilines is 1. The molecular weight excluding hydrogens is 225 g/mol. The summed E-state index contributed by atoms with van der Waals surface area (Å²) in [5.41, 5.74) is -1.12. The van der Waals surface area contributed by atoms with Gasteiger partial charge in [0.1, 0.15) is 0 Å². The molecule has 1 aliphatic rings. The summed E-state index contributed by atoms with van der Waals surface area (Å²) >= 11 is 0. The first-order chi connectivity index (χ1) is 7.48. The summed E-state index contributed by atoms with van der Waals surface area (Å²) in [7, 11) is 0. The SMILES string of the molecule is O=C1CC(C(F)(F)F)=NN1c1cnccn1. The maximum absolute atomic E-state index is 12.3. The maximum atomic E-state index is 12.3. The molecule has 1 aromatic rings. The number of aromatic nitrogens is 2. The highest BCUT2D eigenvalue weighted by molar-refractivity contribution is 6.14. The van der Waals surface area contributed by atoms with Crippen LogP contribution in [-0.4, -0.2) is 27.8 Å². The van der Waals surface area contributed by atoms with Gasteiger partial charge in [0.05, 0.1) is 12.6 Å². The van der Waals surface area contributed by atoms with Crippen molar-refractivity contribution in [2.45, 2.75) is 12.6 Å². The first kappa shape index (κ1) is 10.5. The van der Waals surface area contributed by atoms with Gasteiger partial charge in [-0.2, -0.15) is 23.3 Å². The topological polar surface area (TPSA) is 58.5 Å². The Labute approximate surface area is 87.6 Å². The van der Waals surface area contributed by atoms with E-state index in [4.69, 9.17) is 0 Å². The smallest absolute Gasteiger partial charge is 0.272 e. The molecule has 16 heavy (non-hydrogen) atoms. The number of rotatable bonds is 1. The fraction of sp³-hybridized carbons (Fsp3) is 0.250. The van der Waals surface area contributed by atoms with Crippen molar-refractivity contribution in [3.8, 4) is 0 Å². The molecule has 1 aromatic heterocycles. The lowest BCUT2D eigenvalue weighted by Crippen LogP contribution is -2.22. The van der Waals surface area contributed by atoms with Crippen LogP contribution in [0.1, 0.15) is 6.42 Å². The lowest BCUT2D eigenvalue weighted by atomic mass is 10.3. The molecule has 5 nitrogen and oxygen atoms in total. The number of carbonyl (C=O) groups is 1. The van der Waals surface area contributed by atoms with Crippen LogP contribution in [0.2, 0.25) is 0 Å². The number of halogens is 3. The van der Waals surface area contributed by atoms with Gasteiger partial charge in [0.2, 0.25) is 0 Å². The standard InChI is InChI=1S/C8H5F3N4O/c9-8(10,11)5-3-7(16)15(14-5)6-4-12-1-2-13-6/h1-2,4H,3H2. The van der Waals surface area contributed by atoms with Crippen LogP contribution in [0.15, 0.2) is 23.7 Å². The average Bonchev–Trinajstić information content (AvgIpc) is 2.61. The monoisotopic (exact) mass is 230 g/mol. The molecule has 1 amide bonds. The fourth-order valence-corrected chi connectivity index (χ4v) is 1.17. The Morgan fingerprint density at radius 1 is 1.31 bits per heavy atom. The number of hydrazone groups is 1. The van der Waals surface area contributed by atoms with Crippen molar-refractivity contribution in [1.82, 2.24) is 9.97 Å². The third-order valence-electron chi connectivity index (χ3n) is 1.87. The normalized spacial score (nSPS) is 16.6. The molecule has 0 saturated carbocycles. The molecule has 0 spiro atoms. The van der Waals surface area contributed by atoms with E-state index in [2.05, 4.69) is 15.1 Å². The van der Waals surface area contributed by atoms with Gasteiger partial charge in [0.15, 0.2) is 11.5 Å². The van der Waals surface area contributed by atoms with Crippen molar-refractivity contribution in [3.63, 3.8) is 0 Å². The minimum atomic E-state index is -4.59. The second kappa shape index (κ2) is 3.54. The highest BCUT2D eigenvalue weighted by Crippen LogP contribution is 2.26. The lowest BCUT2D eigenvalue weighted by Gasteiger charge is -2.08.